The van der Waals surface area contributed by atoms with E-state index in [2.05, 4.69) is 50.7 Å². The SMILES string of the molecule is C=CCNc1cc(N2CCN(Cc3cc4ccccc4o3)CC2)nc(NCC=C)n1. The molecule has 0 aliphatic carbocycles. The molecule has 0 amide bonds. The molecule has 2 aromatic heterocycles. The van der Waals surface area contributed by atoms with Gasteiger partial charge in [-0.15, -0.1) is 13.2 Å². The van der Waals surface area contributed by atoms with Crippen molar-refractivity contribution in [2.24, 2.45) is 0 Å². The van der Waals surface area contributed by atoms with Crippen LogP contribution >= 0.6 is 0 Å². The summed E-state index contributed by atoms with van der Waals surface area (Å²) in [5.41, 5.74) is 0.950. The molecule has 156 valence electrons. The maximum Gasteiger partial charge on any atom is 0.226 e. The fourth-order valence-electron chi connectivity index (χ4n) is 3.58. The zero-order valence-electron chi connectivity index (χ0n) is 17.2. The molecular formula is C23H28N6O. The Bertz CT molecular complexity index is 943. The summed E-state index contributed by atoms with van der Waals surface area (Å²) in [5, 5.41) is 7.61. The molecule has 0 saturated carbocycles. The van der Waals surface area contributed by atoms with Crippen molar-refractivity contribution < 1.29 is 4.42 Å². The van der Waals surface area contributed by atoms with Crippen LogP contribution in [0.4, 0.5) is 17.6 Å². The molecule has 1 aliphatic rings. The van der Waals surface area contributed by atoms with E-state index in [-0.39, 0.29) is 0 Å². The molecule has 1 aliphatic heterocycles. The Labute approximate surface area is 177 Å². The molecule has 7 nitrogen and oxygen atoms in total. The van der Waals surface area contributed by atoms with Gasteiger partial charge in [0.05, 0.1) is 6.54 Å². The van der Waals surface area contributed by atoms with E-state index in [0.717, 1.165) is 61.1 Å². The molecule has 3 heterocycles. The Morgan fingerprint density at radius 3 is 2.50 bits per heavy atom. The maximum atomic E-state index is 5.98. The van der Waals surface area contributed by atoms with Gasteiger partial charge in [-0.1, -0.05) is 30.4 Å². The Kier molecular flexibility index (Phi) is 6.29. The molecule has 30 heavy (non-hydrogen) atoms. The fourth-order valence-corrected chi connectivity index (χ4v) is 3.58. The standard InChI is InChI=1S/C23H28N6O/c1-3-9-24-21-16-22(27-23(26-21)25-10-4-2)29-13-11-28(12-14-29)17-19-15-18-7-5-6-8-20(18)30-19/h3-8,15-16H,1-2,9-14,17H2,(H2,24,25,26,27). The van der Waals surface area contributed by atoms with Crippen molar-refractivity contribution in [3.8, 4) is 0 Å². The van der Waals surface area contributed by atoms with Gasteiger partial charge in [0, 0.05) is 50.7 Å². The van der Waals surface area contributed by atoms with Gasteiger partial charge >= 0.3 is 0 Å². The molecule has 0 unspecified atom stereocenters. The van der Waals surface area contributed by atoms with Crippen LogP contribution in [0.15, 0.2) is 66.1 Å². The van der Waals surface area contributed by atoms with Gasteiger partial charge in [0.15, 0.2) is 0 Å². The van der Waals surface area contributed by atoms with Crippen LogP contribution < -0.4 is 15.5 Å². The summed E-state index contributed by atoms with van der Waals surface area (Å²) in [7, 11) is 0. The van der Waals surface area contributed by atoms with Crippen LogP contribution in [0.5, 0.6) is 0 Å². The van der Waals surface area contributed by atoms with Gasteiger partial charge in [0.2, 0.25) is 5.95 Å². The van der Waals surface area contributed by atoms with Crippen LogP contribution in [0.2, 0.25) is 0 Å². The van der Waals surface area contributed by atoms with E-state index in [4.69, 9.17) is 9.40 Å². The zero-order valence-corrected chi connectivity index (χ0v) is 17.2. The highest BCUT2D eigenvalue weighted by molar-refractivity contribution is 5.77. The number of rotatable bonds is 9. The van der Waals surface area contributed by atoms with Crippen molar-refractivity contribution in [1.29, 1.82) is 0 Å². The third-order valence-corrected chi connectivity index (χ3v) is 5.10. The summed E-state index contributed by atoms with van der Waals surface area (Å²) in [6.07, 6.45) is 3.61. The molecule has 0 radical (unpaired) electrons. The third-order valence-electron chi connectivity index (χ3n) is 5.10. The highest BCUT2D eigenvalue weighted by Gasteiger charge is 2.20. The summed E-state index contributed by atoms with van der Waals surface area (Å²) in [5.74, 6) is 3.32. The van der Waals surface area contributed by atoms with Gasteiger partial charge in [-0.2, -0.15) is 9.97 Å². The minimum Gasteiger partial charge on any atom is -0.460 e. The molecule has 0 atom stereocenters. The Morgan fingerprint density at radius 1 is 0.967 bits per heavy atom. The first-order valence-corrected chi connectivity index (χ1v) is 10.3. The molecule has 2 N–H and O–H groups in total. The van der Waals surface area contributed by atoms with Crippen molar-refractivity contribution in [2.45, 2.75) is 6.54 Å². The minimum absolute atomic E-state index is 0.601. The van der Waals surface area contributed by atoms with Crippen molar-refractivity contribution >= 4 is 28.6 Å². The number of benzene rings is 1. The number of para-hydroxylation sites is 1. The van der Waals surface area contributed by atoms with Crippen molar-refractivity contribution in [2.75, 3.05) is 54.8 Å². The first-order valence-electron chi connectivity index (χ1n) is 10.3. The van der Waals surface area contributed by atoms with E-state index >= 15 is 0 Å². The number of piperazine rings is 1. The highest BCUT2D eigenvalue weighted by Crippen LogP contribution is 2.23. The first kappa shape index (κ1) is 20.0. The zero-order chi connectivity index (χ0) is 20.8. The lowest BCUT2D eigenvalue weighted by Crippen LogP contribution is -2.46. The molecule has 3 aromatic rings. The van der Waals surface area contributed by atoms with Gasteiger partial charge in [-0.3, -0.25) is 4.90 Å². The van der Waals surface area contributed by atoms with Crippen LogP contribution in [0, 0.1) is 0 Å². The van der Waals surface area contributed by atoms with Gasteiger partial charge in [0.25, 0.3) is 0 Å². The van der Waals surface area contributed by atoms with Gasteiger partial charge < -0.3 is 20.0 Å². The monoisotopic (exact) mass is 404 g/mol. The lowest BCUT2D eigenvalue weighted by molar-refractivity contribution is 0.232. The number of nitrogens with zero attached hydrogens (tertiary/aromatic N) is 4. The predicted octanol–water partition coefficient (Wildman–Crippen LogP) is 3.74. The van der Waals surface area contributed by atoms with E-state index in [9.17, 15) is 0 Å². The van der Waals surface area contributed by atoms with Crippen molar-refractivity contribution in [1.82, 2.24) is 14.9 Å². The average molecular weight is 405 g/mol. The largest absolute Gasteiger partial charge is 0.460 e. The topological polar surface area (TPSA) is 69.5 Å². The summed E-state index contributed by atoms with van der Waals surface area (Å²) in [6.45, 7) is 13.3. The first-order chi connectivity index (χ1) is 14.7. The number of anilines is 3. The maximum absolute atomic E-state index is 5.98. The smallest absolute Gasteiger partial charge is 0.226 e. The lowest BCUT2D eigenvalue weighted by atomic mass is 10.2. The summed E-state index contributed by atoms with van der Waals surface area (Å²) in [4.78, 5) is 13.9. The van der Waals surface area contributed by atoms with E-state index in [1.165, 1.54) is 0 Å². The molecule has 4 rings (SSSR count). The van der Waals surface area contributed by atoms with E-state index in [1.54, 1.807) is 6.08 Å². The molecule has 1 aromatic carbocycles. The summed E-state index contributed by atoms with van der Waals surface area (Å²) < 4.78 is 5.98. The van der Waals surface area contributed by atoms with Gasteiger partial charge in [0.1, 0.15) is 23.0 Å². The number of nitrogens with one attached hydrogen (secondary N) is 2. The normalized spacial score (nSPS) is 14.6. The molecule has 0 bridgehead atoms. The van der Waals surface area contributed by atoms with E-state index < -0.39 is 0 Å². The van der Waals surface area contributed by atoms with Gasteiger partial charge in [-0.05, 0) is 12.1 Å². The van der Waals surface area contributed by atoms with Gasteiger partial charge in [-0.25, -0.2) is 0 Å². The molecule has 1 saturated heterocycles. The number of furan rings is 1. The summed E-state index contributed by atoms with van der Waals surface area (Å²) in [6, 6.07) is 12.3. The predicted molar refractivity (Wildman–Crippen MR) is 123 cm³/mol. The fraction of sp³-hybridized carbons (Fsp3) is 0.304. The second-order valence-electron chi connectivity index (χ2n) is 7.29. The van der Waals surface area contributed by atoms with E-state index in [1.807, 2.05) is 30.3 Å². The number of aromatic nitrogens is 2. The number of hydrogen-bond acceptors (Lipinski definition) is 7. The summed E-state index contributed by atoms with van der Waals surface area (Å²) >= 11 is 0. The lowest BCUT2D eigenvalue weighted by Gasteiger charge is -2.35. The Morgan fingerprint density at radius 2 is 1.73 bits per heavy atom. The van der Waals surface area contributed by atoms with Crippen LogP contribution in [0.1, 0.15) is 5.76 Å². The van der Waals surface area contributed by atoms with Crippen LogP contribution in [-0.2, 0) is 6.54 Å². The van der Waals surface area contributed by atoms with Crippen molar-refractivity contribution in [3.05, 3.63) is 67.5 Å². The van der Waals surface area contributed by atoms with Crippen LogP contribution in [0.25, 0.3) is 11.0 Å². The highest BCUT2D eigenvalue weighted by atomic mass is 16.3. The second-order valence-corrected chi connectivity index (χ2v) is 7.29. The second kappa shape index (κ2) is 9.45. The molecular weight excluding hydrogens is 376 g/mol. The molecule has 7 heteroatoms. The molecule has 1 fully saturated rings. The Balaban J connectivity index is 1.40. The Hall–Kier alpha value is -3.32. The van der Waals surface area contributed by atoms with E-state index in [0.29, 0.717) is 19.0 Å². The molecule has 0 spiro atoms. The third kappa shape index (κ3) is 4.80. The van der Waals surface area contributed by atoms with Crippen LogP contribution in [-0.4, -0.2) is 54.1 Å². The van der Waals surface area contributed by atoms with Crippen LogP contribution in [0.3, 0.4) is 0 Å². The quantitative estimate of drug-likeness (QED) is 0.527. The minimum atomic E-state index is 0.601. The number of hydrogen-bond donors (Lipinski definition) is 2. The average Bonchev–Trinajstić information content (AvgIpc) is 3.19. The number of fused-ring (bicyclic) bond motifs is 1. The van der Waals surface area contributed by atoms with Crippen molar-refractivity contribution in [3.63, 3.8) is 0 Å².